The molecule has 0 aliphatic carbocycles. The normalized spacial score (nSPS) is 23.3. The molecule has 1 unspecified atom stereocenters. The van der Waals surface area contributed by atoms with E-state index in [1.54, 1.807) is 5.54 Å². The molecule has 94 valence electrons. The molecule has 1 heterocycles. The zero-order valence-electron chi connectivity index (χ0n) is 10.8. The van der Waals surface area contributed by atoms with Gasteiger partial charge in [-0.3, -0.25) is 4.90 Å². The first-order valence-corrected chi connectivity index (χ1v) is 6.77. The third-order valence-electron chi connectivity index (χ3n) is 3.07. The van der Waals surface area contributed by atoms with Gasteiger partial charge in [-0.15, -0.1) is 0 Å². The fourth-order valence-corrected chi connectivity index (χ4v) is 2.30. The summed E-state index contributed by atoms with van der Waals surface area (Å²) in [5, 5.41) is 3.55. The van der Waals surface area contributed by atoms with Crippen LogP contribution in [0.1, 0.15) is 33.6 Å². The summed E-state index contributed by atoms with van der Waals surface area (Å²) in [7, 11) is 0. The van der Waals surface area contributed by atoms with E-state index in [0.717, 1.165) is 25.6 Å². The molecule has 0 bridgehead atoms. The molecule has 0 radical (unpaired) electrons. The Hall–Kier alpha value is -0.0500. The van der Waals surface area contributed by atoms with Crippen LogP contribution < -0.4 is 5.32 Å². The predicted octanol–water partition coefficient (Wildman–Crippen LogP) is 2.84. The van der Waals surface area contributed by atoms with E-state index in [9.17, 15) is 0 Å². The van der Waals surface area contributed by atoms with Crippen molar-refractivity contribution in [1.29, 1.82) is 0 Å². The zero-order chi connectivity index (χ0) is 12.0. The second-order valence-electron chi connectivity index (χ2n) is 5.27. The zero-order valence-corrected chi connectivity index (χ0v) is 11.6. The molecule has 3 heteroatoms. The van der Waals surface area contributed by atoms with Gasteiger partial charge < -0.3 is 5.32 Å². The van der Waals surface area contributed by atoms with Crippen LogP contribution >= 0.6 is 11.6 Å². The quantitative estimate of drug-likeness (QED) is 0.773. The maximum Gasteiger partial charge on any atom is 0.0224 e. The molecule has 1 aliphatic rings. The first-order chi connectivity index (χ1) is 7.63. The summed E-state index contributed by atoms with van der Waals surface area (Å²) in [6.07, 6.45) is 2.64. The van der Waals surface area contributed by atoms with Crippen molar-refractivity contribution in [3.05, 3.63) is 11.1 Å². The number of halogens is 1. The van der Waals surface area contributed by atoms with Crippen LogP contribution in [-0.4, -0.2) is 37.1 Å². The van der Waals surface area contributed by atoms with Gasteiger partial charge in [0.2, 0.25) is 0 Å². The lowest BCUT2D eigenvalue weighted by atomic mass is 10.2. The predicted molar refractivity (Wildman–Crippen MR) is 71.9 cm³/mol. The lowest BCUT2D eigenvalue weighted by molar-refractivity contribution is 0.265. The third-order valence-corrected chi connectivity index (χ3v) is 3.44. The van der Waals surface area contributed by atoms with Crippen molar-refractivity contribution < 1.29 is 0 Å². The average molecular weight is 245 g/mol. The molecule has 0 aromatic rings. The summed E-state index contributed by atoms with van der Waals surface area (Å²) >= 11 is 5.72. The van der Waals surface area contributed by atoms with Crippen molar-refractivity contribution in [1.82, 2.24) is 10.2 Å². The van der Waals surface area contributed by atoms with E-state index in [4.69, 9.17) is 11.6 Å². The standard InChI is InChI=1S/C13H25ClN2/c1-11(2)8-15-9-13-5-4-6-16(13)10-12(3)7-14/h7,11,13,15H,4-6,8-10H2,1-3H3. The minimum atomic E-state index is 0.699. The Bertz CT molecular complexity index is 226. The van der Waals surface area contributed by atoms with Crippen molar-refractivity contribution in [2.45, 2.75) is 39.7 Å². The first-order valence-electron chi connectivity index (χ1n) is 6.34. The summed E-state index contributed by atoms with van der Waals surface area (Å²) in [5.74, 6) is 0.735. The maximum absolute atomic E-state index is 5.72. The van der Waals surface area contributed by atoms with Gasteiger partial charge in [-0.25, -0.2) is 0 Å². The molecule has 0 aromatic heterocycles. The SMILES string of the molecule is CC(=CCl)CN1CCCC1CNCC(C)C. The van der Waals surface area contributed by atoms with Gasteiger partial charge >= 0.3 is 0 Å². The average Bonchev–Trinajstić information content (AvgIpc) is 2.65. The molecule has 0 amide bonds. The Morgan fingerprint density at radius 2 is 2.31 bits per heavy atom. The summed E-state index contributed by atoms with van der Waals surface area (Å²) < 4.78 is 0. The number of rotatable bonds is 6. The number of nitrogens with zero attached hydrogens (tertiary/aromatic N) is 1. The van der Waals surface area contributed by atoms with Crippen molar-refractivity contribution in [2.24, 2.45) is 5.92 Å². The van der Waals surface area contributed by atoms with Gasteiger partial charge in [0.25, 0.3) is 0 Å². The monoisotopic (exact) mass is 244 g/mol. The molecule has 1 atom stereocenters. The molecule has 1 fully saturated rings. The molecule has 0 saturated carbocycles. The van der Waals surface area contributed by atoms with E-state index in [-0.39, 0.29) is 0 Å². The maximum atomic E-state index is 5.72. The van der Waals surface area contributed by atoms with Crippen LogP contribution in [0.2, 0.25) is 0 Å². The van der Waals surface area contributed by atoms with Crippen molar-refractivity contribution >= 4 is 11.6 Å². The molecular formula is C13H25ClN2. The third kappa shape index (κ3) is 4.86. The van der Waals surface area contributed by atoms with E-state index in [1.807, 2.05) is 0 Å². The Labute approximate surface area is 105 Å². The van der Waals surface area contributed by atoms with Crippen LogP contribution in [0.5, 0.6) is 0 Å². The highest BCUT2D eigenvalue weighted by atomic mass is 35.5. The smallest absolute Gasteiger partial charge is 0.0224 e. The van der Waals surface area contributed by atoms with Gasteiger partial charge in [0.15, 0.2) is 0 Å². The number of likely N-dealkylation sites (tertiary alicyclic amines) is 1. The van der Waals surface area contributed by atoms with Crippen LogP contribution in [0, 0.1) is 5.92 Å². The van der Waals surface area contributed by atoms with Crippen molar-refractivity contribution in [3.8, 4) is 0 Å². The van der Waals surface area contributed by atoms with E-state index < -0.39 is 0 Å². The Balaban J connectivity index is 2.29. The first kappa shape index (κ1) is 14.0. The van der Waals surface area contributed by atoms with E-state index in [1.165, 1.54) is 25.0 Å². The molecule has 1 aliphatic heterocycles. The van der Waals surface area contributed by atoms with Crippen LogP contribution in [0.15, 0.2) is 11.1 Å². The summed E-state index contributed by atoms with van der Waals surface area (Å²) in [5.41, 5.74) is 2.97. The highest BCUT2D eigenvalue weighted by Gasteiger charge is 2.23. The lowest BCUT2D eigenvalue weighted by Gasteiger charge is -2.25. The molecule has 16 heavy (non-hydrogen) atoms. The minimum absolute atomic E-state index is 0.699. The van der Waals surface area contributed by atoms with Crippen LogP contribution in [-0.2, 0) is 0 Å². The van der Waals surface area contributed by atoms with Gasteiger partial charge in [0.1, 0.15) is 0 Å². The molecular weight excluding hydrogens is 220 g/mol. The Morgan fingerprint density at radius 1 is 1.56 bits per heavy atom. The second-order valence-corrected chi connectivity index (χ2v) is 5.49. The van der Waals surface area contributed by atoms with Crippen LogP contribution in [0.25, 0.3) is 0 Å². The lowest BCUT2D eigenvalue weighted by Crippen LogP contribution is -2.39. The molecule has 0 spiro atoms. The van der Waals surface area contributed by atoms with Crippen molar-refractivity contribution in [2.75, 3.05) is 26.2 Å². The molecule has 1 saturated heterocycles. The van der Waals surface area contributed by atoms with Gasteiger partial charge in [0.05, 0.1) is 0 Å². The molecule has 1 N–H and O–H groups in total. The van der Waals surface area contributed by atoms with Gasteiger partial charge in [-0.2, -0.15) is 0 Å². The van der Waals surface area contributed by atoms with E-state index in [0.29, 0.717) is 6.04 Å². The Morgan fingerprint density at radius 3 is 2.94 bits per heavy atom. The van der Waals surface area contributed by atoms with Crippen LogP contribution in [0.4, 0.5) is 0 Å². The highest BCUT2D eigenvalue weighted by molar-refractivity contribution is 6.25. The van der Waals surface area contributed by atoms with E-state index >= 15 is 0 Å². The Kier molecular flexibility index (Phi) is 6.40. The van der Waals surface area contributed by atoms with Gasteiger partial charge in [-0.05, 0) is 44.3 Å². The fraction of sp³-hybridized carbons (Fsp3) is 0.846. The van der Waals surface area contributed by atoms with Gasteiger partial charge in [0, 0.05) is 24.7 Å². The topological polar surface area (TPSA) is 15.3 Å². The van der Waals surface area contributed by atoms with E-state index in [2.05, 4.69) is 31.0 Å². The summed E-state index contributed by atoms with van der Waals surface area (Å²) in [4.78, 5) is 2.54. The largest absolute Gasteiger partial charge is 0.315 e. The van der Waals surface area contributed by atoms with Gasteiger partial charge in [-0.1, -0.05) is 25.4 Å². The molecule has 1 rings (SSSR count). The number of nitrogens with one attached hydrogen (secondary N) is 1. The fourth-order valence-electron chi connectivity index (χ4n) is 2.23. The minimum Gasteiger partial charge on any atom is -0.315 e. The second kappa shape index (κ2) is 7.31. The number of hydrogen-bond acceptors (Lipinski definition) is 2. The summed E-state index contributed by atoms with van der Waals surface area (Å²) in [6, 6.07) is 0.699. The van der Waals surface area contributed by atoms with Crippen LogP contribution in [0.3, 0.4) is 0 Å². The molecule has 2 nitrogen and oxygen atoms in total. The number of hydrogen-bond donors (Lipinski definition) is 1. The van der Waals surface area contributed by atoms with Crippen molar-refractivity contribution in [3.63, 3.8) is 0 Å². The molecule has 0 aromatic carbocycles. The highest BCUT2D eigenvalue weighted by Crippen LogP contribution is 2.18. The summed E-state index contributed by atoms with van der Waals surface area (Å²) in [6.45, 7) is 11.1.